The topological polar surface area (TPSA) is 78.4 Å². The number of ether oxygens (including phenoxy) is 2. The van der Waals surface area contributed by atoms with Crippen LogP contribution in [0.15, 0.2) is 29.3 Å². The van der Waals surface area contributed by atoms with Crippen LogP contribution in [0.4, 0.5) is 0 Å². The average Bonchev–Trinajstić information content (AvgIpc) is 3.63. The quantitative estimate of drug-likeness (QED) is 0.348. The molecular weight excluding hydrogens is 392 g/mol. The fourth-order valence-corrected chi connectivity index (χ4v) is 3.95. The lowest BCUT2D eigenvalue weighted by molar-refractivity contribution is 0.0368. The van der Waals surface area contributed by atoms with Crippen molar-refractivity contribution in [1.82, 2.24) is 15.5 Å². The van der Waals surface area contributed by atoms with Gasteiger partial charge in [0.25, 0.3) is 0 Å². The van der Waals surface area contributed by atoms with Crippen molar-refractivity contribution < 1.29 is 14.6 Å². The van der Waals surface area contributed by atoms with Crippen LogP contribution in [0, 0.1) is 5.92 Å². The molecule has 31 heavy (non-hydrogen) atoms. The second kappa shape index (κ2) is 12.9. The third-order valence-corrected chi connectivity index (χ3v) is 5.96. The van der Waals surface area contributed by atoms with Crippen molar-refractivity contribution in [2.24, 2.45) is 10.9 Å². The highest BCUT2D eigenvalue weighted by atomic mass is 16.5. The summed E-state index contributed by atoms with van der Waals surface area (Å²) in [4.78, 5) is 7.15. The van der Waals surface area contributed by atoms with Gasteiger partial charge >= 0.3 is 0 Å². The summed E-state index contributed by atoms with van der Waals surface area (Å²) in [5.41, 5.74) is 1.28. The summed E-state index contributed by atoms with van der Waals surface area (Å²) in [7, 11) is 1.70. The van der Waals surface area contributed by atoms with Gasteiger partial charge < -0.3 is 25.2 Å². The highest BCUT2D eigenvalue weighted by molar-refractivity contribution is 5.79. The normalized spacial score (nSPS) is 19.6. The first kappa shape index (κ1) is 23.8. The molecule has 1 saturated heterocycles. The molecule has 3 rings (SSSR count). The number of aliphatic hydroxyl groups excluding tert-OH is 1. The first-order valence-corrected chi connectivity index (χ1v) is 11.9. The number of nitrogens with zero attached hydrogens (tertiary/aromatic N) is 2. The van der Waals surface area contributed by atoms with Crippen molar-refractivity contribution in [2.75, 3.05) is 53.0 Å². The summed E-state index contributed by atoms with van der Waals surface area (Å²) < 4.78 is 10.9. The molecule has 0 radical (unpaired) electrons. The smallest absolute Gasteiger partial charge is 0.191 e. The van der Waals surface area contributed by atoms with E-state index in [9.17, 15) is 5.11 Å². The third-order valence-electron chi connectivity index (χ3n) is 5.96. The Bertz CT molecular complexity index is 657. The molecule has 0 amide bonds. The molecule has 0 aromatic heterocycles. The molecule has 174 valence electrons. The lowest BCUT2D eigenvalue weighted by atomic mass is 10.0. The Labute approximate surface area is 187 Å². The Morgan fingerprint density at radius 3 is 2.55 bits per heavy atom. The number of nitrogens with one attached hydrogen (secondary N) is 2. The fourth-order valence-electron chi connectivity index (χ4n) is 3.95. The summed E-state index contributed by atoms with van der Waals surface area (Å²) >= 11 is 0. The molecule has 2 fully saturated rings. The highest BCUT2D eigenvalue weighted by Crippen LogP contribution is 2.28. The van der Waals surface area contributed by atoms with Gasteiger partial charge in [0.1, 0.15) is 5.75 Å². The van der Waals surface area contributed by atoms with E-state index in [4.69, 9.17) is 9.47 Å². The van der Waals surface area contributed by atoms with Crippen LogP contribution in [0.25, 0.3) is 0 Å². The number of guanidine groups is 1. The summed E-state index contributed by atoms with van der Waals surface area (Å²) in [6.45, 7) is 7.25. The Kier molecular flexibility index (Phi) is 9.90. The Morgan fingerprint density at radius 1 is 1.16 bits per heavy atom. The molecule has 1 aromatic carbocycles. The minimum Gasteiger partial charge on any atom is -0.497 e. The van der Waals surface area contributed by atoms with Gasteiger partial charge in [-0.3, -0.25) is 9.89 Å². The maximum absolute atomic E-state index is 10.2. The zero-order chi connectivity index (χ0) is 21.9. The zero-order valence-corrected chi connectivity index (χ0v) is 19.2. The van der Waals surface area contributed by atoms with Crippen LogP contribution < -0.4 is 15.4 Å². The van der Waals surface area contributed by atoms with E-state index in [0.29, 0.717) is 19.1 Å². The zero-order valence-electron chi connectivity index (χ0n) is 19.2. The van der Waals surface area contributed by atoms with E-state index >= 15 is 0 Å². The summed E-state index contributed by atoms with van der Waals surface area (Å²) in [6.07, 6.45) is 5.74. The maximum atomic E-state index is 10.2. The summed E-state index contributed by atoms with van der Waals surface area (Å²) in [5, 5.41) is 17.0. The van der Waals surface area contributed by atoms with E-state index < -0.39 is 6.10 Å². The number of hydrogen-bond acceptors (Lipinski definition) is 5. The Morgan fingerprint density at radius 2 is 1.90 bits per heavy atom. The van der Waals surface area contributed by atoms with Crippen LogP contribution in [-0.4, -0.2) is 75.1 Å². The van der Waals surface area contributed by atoms with E-state index in [-0.39, 0.29) is 6.04 Å². The van der Waals surface area contributed by atoms with Crippen LogP contribution in [0.2, 0.25) is 0 Å². The van der Waals surface area contributed by atoms with Crippen molar-refractivity contribution >= 4 is 5.96 Å². The molecule has 1 saturated carbocycles. The predicted molar refractivity (Wildman–Crippen MR) is 125 cm³/mol. The van der Waals surface area contributed by atoms with Crippen LogP contribution >= 0.6 is 0 Å². The van der Waals surface area contributed by atoms with Gasteiger partial charge in [0, 0.05) is 19.7 Å². The number of aliphatic hydroxyl groups is 1. The lowest BCUT2D eigenvalue weighted by Gasteiger charge is -2.35. The first-order valence-electron chi connectivity index (χ1n) is 11.9. The monoisotopic (exact) mass is 432 g/mol. The first-order chi connectivity index (χ1) is 15.2. The number of likely N-dealkylation sites (tertiary alicyclic amines) is 1. The fraction of sp³-hybridized carbons (Fsp3) is 0.708. The molecule has 7 heteroatoms. The van der Waals surface area contributed by atoms with Gasteiger partial charge in [0.05, 0.1) is 32.4 Å². The van der Waals surface area contributed by atoms with Crippen molar-refractivity contribution in [3.8, 4) is 5.75 Å². The average molecular weight is 433 g/mol. The molecule has 3 N–H and O–H groups in total. The molecule has 1 aliphatic heterocycles. The lowest BCUT2D eigenvalue weighted by Crippen LogP contribution is -2.44. The maximum Gasteiger partial charge on any atom is 0.191 e. The number of benzene rings is 1. The predicted octanol–water partition coefficient (Wildman–Crippen LogP) is 2.56. The largest absolute Gasteiger partial charge is 0.497 e. The van der Waals surface area contributed by atoms with Crippen LogP contribution in [-0.2, 0) is 4.74 Å². The second-order valence-corrected chi connectivity index (χ2v) is 8.62. The highest BCUT2D eigenvalue weighted by Gasteiger charge is 2.23. The number of piperidine rings is 1. The van der Waals surface area contributed by atoms with Crippen molar-refractivity contribution in [3.63, 3.8) is 0 Å². The van der Waals surface area contributed by atoms with Crippen LogP contribution in [0.3, 0.4) is 0 Å². The Balaban J connectivity index is 1.57. The molecule has 7 nitrogen and oxygen atoms in total. The van der Waals surface area contributed by atoms with Gasteiger partial charge in [-0.25, -0.2) is 0 Å². The third kappa shape index (κ3) is 8.31. The van der Waals surface area contributed by atoms with Gasteiger partial charge in [0.2, 0.25) is 0 Å². The number of methoxy groups -OCH3 is 1. The Hall–Kier alpha value is -1.83. The number of rotatable bonds is 12. The van der Waals surface area contributed by atoms with E-state index in [2.05, 4.69) is 39.6 Å². The second-order valence-electron chi connectivity index (χ2n) is 8.62. The molecular formula is C24H40N4O3. The van der Waals surface area contributed by atoms with Gasteiger partial charge in [-0.2, -0.15) is 0 Å². The van der Waals surface area contributed by atoms with Crippen molar-refractivity contribution in [1.29, 1.82) is 0 Å². The van der Waals surface area contributed by atoms with Gasteiger partial charge in [-0.05, 0) is 69.3 Å². The minimum absolute atomic E-state index is 0.266. The number of aliphatic imine (C=N–C) groups is 1. The van der Waals surface area contributed by atoms with Crippen molar-refractivity contribution in [3.05, 3.63) is 29.8 Å². The van der Waals surface area contributed by atoms with Gasteiger partial charge in [-0.15, -0.1) is 0 Å². The van der Waals surface area contributed by atoms with E-state index in [1.165, 1.54) is 37.7 Å². The molecule has 0 bridgehead atoms. The molecule has 1 heterocycles. The molecule has 1 aliphatic carbocycles. The van der Waals surface area contributed by atoms with E-state index in [1.807, 2.05) is 12.1 Å². The molecule has 0 spiro atoms. The number of hydrogen-bond donors (Lipinski definition) is 3. The SMILES string of the molecule is CCNC(=NCC(O)COCC1CC1)NCC(c1ccc(OC)cc1)N1CCCCC1. The van der Waals surface area contributed by atoms with Crippen molar-refractivity contribution in [2.45, 2.75) is 51.2 Å². The standard InChI is InChI=1S/C24H40N4O3/c1-3-25-24(26-15-21(29)18-31-17-19-7-8-19)27-16-23(28-13-5-4-6-14-28)20-9-11-22(30-2)12-10-20/h9-12,19,21,23,29H,3-8,13-18H2,1-2H3,(H2,25,26,27). The van der Waals surface area contributed by atoms with E-state index in [1.54, 1.807) is 7.11 Å². The molecule has 2 atom stereocenters. The van der Waals surface area contributed by atoms with Crippen LogP contribution in [0.1, 0.15) is 50.6 Å². The van der Waals surface area contributed by atoms with E-state index in [0.717, 1.165) is 44.5 Å². The molecule has 2 aliphatic rings. The summed E-state index contributed by atoms with van der Waals surface area (Å²) in [6, 6.07) is 8.64. The summed E-state index contributed by atoms with van der Waals surface area (Å²) in [5.74, 6) is 2.32. The minimum atomic E-state index is -0.575. The van der Waals surface area contributed by atoms with Crippen LogP contribution in [0.5, 0.6) is 5.75 Å². The van der Waals surface area contributed by atoms with Gasteiger partial charge in [-0.1, -0.05) is 18.6 Å². The van der Waals surface area contributed by atoms with Gasteiger partial charge in [0.15, 0.2) is 5.96 Å². The molecule has 2 unspecified atom stereocenters. The molecule has 1 aromatic rings.